The van der Waals surface area contributed by atoms with Crippen molar-refractivity contribution in [2.24, 2.45) is 0 Å². The number of rotatable bonds is 3. The molecule has 0 aliphatic heterocycles. The molecule has 1 N–H and O–H groups in total. The standard InChI is InChI=1S/C16H16FNO2S/c1-16(2,3)10-4-6-12(7-5-10)21-14-13(15(19)20)8-11(17)9-18-14/h4-9H,1-3H3,(H,19,20). The Morgan fingerprint density at radius 2 is 1.86 bits per heavy atom. The number of aromatic nitrogens is 1. The fourth-order valence-corrected chi connectivity index (χ4v) is 2.65. The molecule has 2 rings (SSSR count). The molecule has 0 radical (unpaired) electrons. The minimum absolute atomic E-state index is 0.0591. The number of carboxylic acids is 1. The molecule has 1 heterocycles. The molecule has 0 saturated carbocycles. The molecule has 0 fully saturated rings. The molecule has 2 aromatic rings. The summed E-state index contributed by atoms with van der Waals surface area (Å²) >= 11 is 1.21. The second-order valence-corrected chi connectivity index (χ2v) is 6.75. The summed E-state index contributed by atoms with van der Waals surface area (Å²) in [4.78, 5) is 15.9. The van der Waals surface area contributed by atoms with Gasteiger partial charge in [0.15, 0.2) is 0 Å². The van der Waals surface area contributed by atoms with E-state index in [1.807, 2.05) is 24.3 Å². The van der Waals surface area contributed by atoms with E-state index in [0.29, 0.717) is 0 Å². The van der Waals surface area contributed by atoms with Crippen LogP contribution in [-0.2, 0) is 5.41 Å². The number of carbonyl (C=O) groups is 1. The van der Waals surface area contributed by atoms with E-state index in [9.17, 15) is 9.18 Å². The van der Waals surface area contributed by atoms with Gasteiger partial charge in [-0.25, -0.2) is 14.2 Å². The molecule has 1 aromatic heterocycles. The predicted octanol–water partition coefficient (Wildman–Crippen LogP) is 4.37. The van der Waals surface area contributed by atoms with E-state index in [-0.39, 0.29) is 16.0 Å². The Morgan fingerprint density at radius 3 is 2.38 bits per heavy atom. The molecule has 0 bridgehead atoms. The summed E-state index contributed by atoms with van der Waals surface area (Å²) < 4.78 is 13.1. The first-order valence-electron chi connectivity index (χ1n) is 6.44. The van der Waals surface area contributed by atoms with Gasteiger partial charge in [-0.2, -0.15) is 0 Å². The highest BCUT2D eigenvalue weighted by molar-refractivity contribution is 7.99. The number of hydrogen-bond acceptors (Lipinski definition) is 3. The van der Waals surface area contributed by atoms with Crippen molar-refractivity contribution in [2.45, 2.75) is 36.1 Å². The fourth-order valence-electron chi connectivity index (χ4n) is 1.80. The maximum atomic E-state index is 13.1. The molecule has 5 heteroatoms. The second-order valence-electron chi connectivity index (χ2n) is 5.69. The van der Waals surface area contributed by atoms with Crippen LogP contribution in [0.1, 0.15) is 36.7 Å². The number of halogens is 1. The zero-order valence-electron chi connectivity index (χ0n) is 12.1. The third-order valence-electron chi connectivity index (χ3n) is 2.98. The van der Waals surface area contributed by atoms with Crippen molar-refractivity contribution in [3.05, 3.63) is 53.5 Å². The van der Waals surface area contributed by atoms with Crippen LogP contribution in [0.15, 0.2) is 46.5 Å². The zero-order valence-corrected chi connectivity index (χ0v) is 12.9. The van der Waals surface area contributed by atoms with Gasteiger partial charge in [-0.15, -0.1) is 0 Å². The molecule has 21 heavy (non-hydrogen) atoms. The van der Waals surface area contributed by atoms with Crippen molar-refractivity contribution in [3.8, 4) is 0 Å². The Labute approximate surface area is 127 Å². The van der Waals surface area contributed by atoms with Gasteiger partial charge in [0, 0.05) is 4.90 Å². The van der Waals surface area contributed by atoms with Crippen LogP contribution in [0.5, 0.6) is 0 Å². The van der Waals surface area contributed by atoms with Gasteiger partial charge in [0.2, 0.25) is 0 Å². The van der Waals surface area contributed by atoms with Crippen molar-refractivity contribution in [2.75, 3.05) is 0 Å². The average molecular weight is 305 g/mol. The van der Waals surface area contributed by atoms with E-state index < -0.39 is 11.8 Å². The summed E-state index contributed by atoms with van der Waals surface area (Å²) in [7, 11) is 0. The van der Waals surface area contributed by atoms with Gasteiger partial charge >= 0.3 is 5.97 Å². The van der Waals surface area contributed by atoms with Gasteiger partial charge in [-0.05, 0) is 29.2 Å². The lowest BCUT2D eigenvalue weighted by molar-refractivity contribution is 0.0691. The minimum Gasteiger partial charge on any atom is -0.478 e. The van der Waals surface area contributed by atoms with Crippen LogP contribution < -0.4 is 0 Å². The largest absolute Gasteiger partial charge is 0.478 e. The molecule has 1 aromatic carbocycles. The highest BCUT2D eigenvalue weighted by Crippen LogP contribution is 2.31. The topological polar surface area (TPSA) is 50.2 Å². The van der Waals surface area contributed by atoms with E-state index in [1.54, 1.807) is 0 Å². The lowest BCUT2D eigenvalue weighted by Gasteiger charge is -2.19. The smallest absolute Gasteiger partial charge is 0.338 e. The summed E-state index contributed by atoms with van der Waals surface area (Å²) in [6, 6.07) is 8.84. The maximum Gasteiger partial charge on any atom is 0.338 e. The normalized spacial score (nSPS) is 11.4. The Kier molecular flexibility index (Phi) is 4.32. The van der Waals surface area contributed by atoms with E-state index in [4.69, 9.17) is 5.11 Å². The lowest BCUT2D eigenvalue weighted by atomic mass is 9.87. The molecule has 0 aliphatic carbocycles. The summed E-state index contributed by atoms with van der Waals surface area (Å²) in [6.45, 7) is 6.37. The van der Waals surface area contributed by atoms with Crippen LogP contribution in [-0.4, -0.2) is 16.1 Å². The number of carboxylic acid groups (broad SMARTS) is 1. The quantitative estimate of drug-likeness (QED) is 0.915. The van der Waals surface area contributed by atoms with Gasteiger partial charge < -0.3 is 5.11 Å². The Bertz CT molecular complexity index is 663. The zero-order chi connectivity index (χ0) is 15.6. The van der Waals surface area contributed by atoms with Gasteiger partial charge in [-0.3, -0.25) is 0 Å². The molecule has 0 amide bonds. The SMILES string of the molecule is CC(C)(C)c1ccc(Sc2ncc(F)cc2C(=O)O)cc1. The van der Waals surface area contributed by atoms with Crippen LogP contribution >= 0.6 is 11.8 Å². The Balaban J connectivity index is 2.28. The van der Waals surface area contributed by atoms with Gasteiger partial charge in [-0.1, -0.05) is 44.7 Å². The first kappa shape index (κ1) is 15.5. The average Bonchev–Trinajstić information content (AvgIpc) is 2.40. The predicted molar refractivity (Wildman–Crippen MR) is 80.4 cm³/mol. The van der Waals surface area contributed by atoms with Crippen molar-refractivity contribution < 1.29 is 14.3 Å². The minimum atomic E-state index is -1.18. The number of benzene rings is 1. The van der Waals surface area contributed by atoms with Crippen molar-refractivity contribution in [1.82, 2.24) is 4.98 Å². The molecule has 3 nitrogen and oxygen atoms in total. The van der Waals surface area contributed by atoms with Gasteiger partial charge in [0.05, 0.1) is 11.8 Å². The molecule has 0 aliphatic rings. The van der Waals surface area contributed by atoms with Crippen LogP contribution in [0.25, 0.3) is 0 Å². The van der Waals surface area contributed by atoms with E-state index in [2.05, 4.69) is 25.8 Å². The number of pyridine rings is 1. The summed E-state index contributed by atoms with van der Waals surface area (Å²) in [5.74, 6) is -1.84. The molecular formula is C16H16FNO2S. The number of nitrogens with zero attached hydrogens (tertiary/aromatic N) is 1. The molecule has 0 unspecified atom stereocenters. The van der Waals surface area contributed by atoms with E-state index in [0.717, 1.165) is 17.2 Å². The van der Waals surface area contributed by atoms with Crippen LogP contribution in [0.4, 0.5) is 4.39 Å². The summed E-state index contributed by atoms with van der Waals surface area (Å²) in [5.41, 5.74) is 1.13. The molecular weight excluding hydrogens is 289 g/mol. The highest BCUT2D eigenvalue weighted by atomic mass is 32.2. The maximum absolute atomic E-state index is 13.1. The van der Waals surface area contributed by atoms with Crippen LogP contribution in [0.3, 0.4) is 0 Å². The van der Waals surface area contributed by atoms with Crippen LogP contribution in [0.2, 0.25) is 0 Å². The monoisotopic (exact) mass is 305 g/mol. The molecule has 0 spiro atoms. The summed E-state index contributed by atoms with van der Waals surface area (Å²) in [5, 5.41) is 9.38. The number of hydrogen-bond donors (Lipinski definition) is 1. The van der Waals surface area contributed by atoms with Gasteiger partial charge in [0.25, 0.3) is 0 Å². The van der Waals surface area contributed by atoms with Crippen molar-refractivity contribution in [3.63, 3.8) is 0 Å². The Morgan fingerprint density at radius 1 is 1.24 bits per heavy atom. The van der Waals surface area contributed by atoms with Crippen LogP contribution in [0, 0.1) is 5.82 Å². The lowest BCUT2D eigenvalue weighted by Crippen LogP contribution is -2.10. The first-order valence-corrected chi connectivity index (χ1v) is 7.26. The molecule has 110 valence electrons. The Hall–Kier alpha value is -1.88. The summed E-state index contributed by atoms with van der Waals surface area (Å²) in [6.07, 6.45) is 1.03. The third-order valence-corrected chi connectivity index (χ3v) is 4.01. The first-order chi connectivity index (χ1) is 9.77. The molecule has 0 saturated heterocycles. The van der Waals surface area contributed by atoms with E-state index >= 15 is 0 Å². The number of aromatic carboxylic acids is 1. The van der Waals surface area contributed by atoms with Crippen molar-refractivity contribution in [1.29, 1.82) is 0 Å². The third kappa shape index (κ3) is 3.82. The van der Waals surface area contributed by atoms with E-state index in [1.165, 1.54) is 17.3 Å². The van der Waals surface area contributed by atoms with Crippen molar-refractivity contribution >= 4 is 17.7 Å². The fraction of sp³-hybridized carbons (Fsp3) is 0.250. The van der Waals surface area contributed by atoms with Gasteiger partial charge in [0.1, 0.15) is 10.8 Å². The highest BCUT2D eigenvalue weighted by Gasteiger charge is 2.16. The second kappa shape index (κ2) is 5.85. The molecule has 0 atom stereocenters.